The Hall–Kier alpha value is -5.78. The molecule has 0 bridgehead atoms. The van der Waals surface area contributed by atoms with Gasteiger partial charge in [0.1, 0.15) is 17.6 Å². The number of nitrogens with one attached hydrogen (secondary N) is 4. The third kappa shape index (κ3) is 8.78. The number of rotatable bonds is 14. The SMILES string of the molecule is COc1ccc2nc(CCN(C)c3nc(Nc4cccc(CN5CCNCC5)c4)nc(N[C@@H](Cc4ccc(C#N)cc4)C(=O)O)n3)[nH]c2c1. The fourth-order valence-corrected chi connectivity index (χ4v) is 5.63. The molecule has 0 aliphatic carbocycles. The van der Waals surface area contributed by atoms with Gasteiger partial charge >= 0.3 is 5.97 Å². The molecule has 3 heterocycles. The second-order valence-corrected chi connectivity index (χ2v) is 11.9. The summed E-state index contributed by atoms with van der Waals surface area (Å²) in [5.74, 6) is 1.24. The quantitative estimate of drug-likeness (QED) is 0.117. The van der Waals surface area contributed by atoms with Crippen LogP contribution >= 0.6 is 0 Å². The van der Waals surface area contributed by atoms with Gasteiger partial charge in [0, 0.05) is 70.9 Å². The summed E-state index contributed by atoms with van der Waals surface area (Å²) in [5.41, 5.74) is 4.96. The van der Waals surface area contributed by atoms with Gasteiger partial charge in [-0.15, -0.1) is 0 Å². The maximum Gasteiger partial charge on any atom is 0.326 e. The highest BCUT2D eigenvalue weighted by molar-refractivity contribution is 5.77. The monoisotopic (exact) mass is 661 g/mol. The average molecular weight is 662 g/mol. The number of nitriles is 1. The molecule has 5 N–H and O–H groups in total. The summed E-state index contributed by atoms with van der Waals surface area (Å²) in [5, 5.41) is 29.0. The van der Waals surface area contributed by atoms with Crippen molar-refractivity contribution in [2.75, 3.05) is 62.4 Å². The van der Waals surface area contributed by atoms with Crippen molar-refractivity contribution >= 4 is 40.5 Å². The van der Waals surface area contributed by atoms with E-state index in [1.807, 2.05) is 42.3 Å². The van der Waals surface area contributed by atoms with Crippen LogP contribution in [0.15, 0.2) is 66.7 Å². The number of nitrogens with zero attached hydrogens (tertiary/aromatic N) is 7. The molecule has 0 radical (unpaired) electrons. The van der Waals surface area contributed by atoms with E-state index >= 15 is 0 Å². The Balaban J connectivity index is 1.23. The highest BCUT2D eigenvalue weighted by Crippen LogP contribution is 2.22. The highest BCUT2D eigenvalue weighted by Gasteiger charge is 2.21. The van der Waals surface area contributed by atoms with Crippen LogP contribution in [0, 0.1) is 11.3 Å². The van der Waals surface area contributed by atoms with E-state index in [0.29, 0.717) is 24.5 Å². The third-order valence-electron chi connectivity index (χ3n) is 8.31. The number of piperazine rings is 1. The zero-order valence-corrected chi connectivity index (χ0v) is 27.5. The molecule has 1 aliphatic heterocycles. The van der Waals surface area contributed by atoms with Crippen molar-refractivity contribution in [1.82, 2.24) is 35.1 Å². The van der Waals surface area contributed by atoms with Crippen LogP contribution in [-0.4, -0.2) is 93.8 Å². The van der Waals surface area contributed by atoms with Crippen LogP contribution in [0.25, 0.3) is 11.0 Å². The molecule has 1 fully saturated rings. The third-order valence-corrected chi connectivity index (χ3v) is 8.31. The van der Waals surface area contributed by atoms with Crippen LogP contribution in [0.4, 0.5) is 23.5 Å². The lowest BCUT2D eigenvalue weighted by Gasteiger charge is -2.27. The first-order valence-electron chi connectivity index (χ1n) is 16.1. The summed E-state index contributed by atoms with van der Waals surface area (Å²) in [6, 6.07) is 21.7. The lowest BCUT2D eigenvalue weighted by atomic mass is 10.0. The zero-order chi connectivity index (χ0) is 34.2. The summed E-state index contributed by atoms with van der Waals surface area (Å²) >= 11 is 0. The Bertz CT molecular complexity index is 1930. The number of benzene rings is 3. The first kappa shape index (κ1) is 33.1. The van der Waals surface area contributed by atoms with Crippen molar-refractivity contribution in [1.29, 1.82) is 5.26 Å². The largest absolute Gasteiger partial charge is 0.497 e. The van der Waals surface area contributed by atoms with Crippen LogP contribution < -0.4 is 25.6 Å². The number of hydrogen-bond acceptors (Lipinski definition) is 12. The van der Waals surface area contributed by atoms with Crippen molar-refractivity contribution in [2.24, 2.45) is 0 Å². The van der Waals surface area contributed by atoms with E-state index in [-0.39, 0.29) is 18.3 Å². The molecule has 14 heteroatoms. The van der Waals surface area contributed by atoms with Crippen molar-refractivity contribution in [2.45, 2.75) is 25.4 Å². The number of carbonyl (C=O) groups is 1. The number of methoxy groups -OCH3 is 1. The summed E-state index contributed by atoms with van der Waals surface area (Å²) in [7, 11) is 3.50. The molecule has 0 spiro atoms. The minimum Gasteiger partial charge on any atom is -0.497 e. The fourth-order valence-electron chi connectivity index (χ4n) is 5.63. The molecule has 3 aromatic carbocycles. The molecule has 6 rings (SSSR count). The lowest BCUT2D eigenvalue weighted by Crippen LogP contribution is -2.42. The molecule has 5 aromatic rings. The number of imidazole rings is 1. The number of aromatic nitrogens is 5. The molecule has 252 valence electrons. The number of H-pyrrole nitrogens is 1. The first-order chi connectivity index (χ1) is 23.8. The Morgan fingerprint density at radius 2 is 1.84 bits per heavy atom. The van der Waals surface area contributed by atoms with Gasteiger partial charge in [0.05, 0.1) is 29.8 Å². The molecule has 0 unspecified atom stereocenters. The molecule has 49 heavy (non-hydrogen) atoms. The van der Waals surface area contributed by atoms with Crippen LogP contribution in [0.1, 0.15) is 22.5 Å². The molecular weight excluding hydrogens is 622 g/mol. The maximum absolute atomic E-state index is 12.4. The van der Waals surface area contributed by atoms with Gasteiger partial charge in [-0.3, -0.25) is 4.90 Å². The van der Waals surface area contributed by atoms with E-state index in [0.717, 1.165) is 72.1 Å². The Kier molecular flexibility index (Phi) is 10.4. The summed E-state index contributed by atoms with van der Waals surface area (Å²) in [6.45, 7) is 5.29. The Labute approximate surface area is 284 Å². The van der Waals surface area contributed by atoms with E-state index in [2.05, 4.69) is 54.0 Å². The number of anilines is 4. The zero-order valence-electron chi connectivity index (χ0n) is 27.5. The average Bonchev–Trinajstić information content (AvgIpc) is 3.53. The van der Waals surface area contributed by atoms with Gasteiger partial charge in [0.25, 0.3) is 0 Å². The van der Waals surface area contributed by atoms with Gasteiger partial charge in [0.2, 0.25) is 17.8 Å². The molecule has 1 atom stereocenters. The fraction of sp³-hybridized carbons (Fsp3) is 0.314. The standard InChI is InChI=1S/C35H39N11O3/c1-45(15-12-31-39-28-11-10-27(49-2)20-29(28)40-31)35-43-33(38-26-5-3-4-25(18-26)22-46-16-13-37-14-17-46)42-34(44-35)41-30(32(47)48)19-23-6-8-24(21-36)9-7-23/h3-11,18,20,30,37H,12-17,19,22H2,1-2H3,(H,39,40)(H,47,48)(H2,38,41,42,43,44)/t30-/m0/s1. The topological polar surface area (TPSA) is 180 Å². The van der Waals surface area contributed by atoms with Gasteiger partial charge in [-0.05, 0) is 47.5 Å². The summed E-state index contributed by atoms with van der Waals surface area (Å²) < 4.78 is 5.33. The van der Waals surface area contributed by atoms with Crippen molar-refractivity contribution < 1.29 is 14.6 Å². The predicted octanol–water partition coefficient (Wildman–Crippen LogP) is 3.56. The van der Waals surface area contributed by atoms with Gasteiger partial charge < -0.3 is 35.7 Å². The first-order valence-corrected chi connectivity index (χ1v) is 16.1. The Morgan fingerprint density at radius 1 is 1.04 bits per heavy atom. The normalized spacial score (nSPS) is 13.8. The van der Waals surface area contributed by atoms with E-state index in [1.165, 1.54) is 0 Å². The molecule has 1 aliphatic rings. The molecule has 2 aromatic heterocycles. The van der Waals surface area contributed by atoms with E-state index in [9.17, 15) is 9.90 Å². The lowest BCUT2D eigenvalue weighted by molar-refractivity contribution is -0.137. The van der Waals surface area contributed by atoms with Crippen LogP contribution in [-0.2, 0) is 24.2 Å². The van der Waals surface area contributed by atoms with Crippen LogP contribution in [0.2, 0.25) is 0 Å². The second kappa shape index (κ2) is 15.4. The van der Waals surface area contributed by atoms with Crippen molar-refractivity contribution in [3.05, 3.63) is 89.2 Å². The number of fused-ring (bicyclic) bond motifs is 1. The van der Waals surface area contributed by atoms with Crippen LogP contribution in [0.5, 0.6) is 5.75 Å². The van der Waals surface area contributed by atoms with Gasteiger partial charge in [-0.25, -0.2) is 9.78 Å². The van der Waals surface area contributed by atoms with Gasteiger partial charge in [-0.2, -0.15) is 20.2 Å². The minimum atomic E-state index is -1.06. The van der Waals surface area contributed by atoms with E-state index in [1.54, 1.807) is 31.4 Å². The van der Waals surface area contributed by atoms with Crippen molar-refractivity contribution in [3.8, 4) is 11.8 Å². The number of ether oxygens (including phenoxy) is 1. The summed E-state index contributed by atoms with van der Waals surface area (Å²) in [6.07, 6.45) is 0.737. The number of aliphatic carboxylic acids is 1. The highest BCUT2D eigenvalue weighted by atomic mass is 16.5. The molecule has 0 amide bonds. The smallest absolute Gasteiger partial charge is 0.326 e. The molecule has 1 saturated heterocycles. The summed E-state index contributed by atoms with van der Waals surface area (Å²) in [4.78, 5) is 38.6. The molecule has 0 saturated carbocycles. The van der Waals surface area contributed by atoms with Gasteiger partial charge in [0.15, 0.2) is 0 Å². The van der Waals surface area contributed by atoms with Crippen LogP contribution in [0.3, 0.4) is 0 Å². The minimum absolute atomic E-state index is 0.119. The molecule has 14 nitrogen and oxygen atoms in total. The van der Waals surface area contributed by atoms with E-state index in [4.69, 9.17) is 20.0 Å². The maximum atomic E-state index is 12.4. The number of carboxylic acids is 1. The number of aromatic amines is 1. The predicted molar refractivity (Wildman–Crippen MR) is 187 cm³/mol. The second-order valence-electron chi connectivity index (χ2n) is 11.9. The van der Waals surface area contributed by atoms with E-state index < -0.39 is 12.0 Å². The van der Waals surface area contributed by atoms with Gasteiger partial charge in [-0.1, -0.05) is 24.3 Å². The number of likely N-dealkylation sites (N-methyl/N-ethyl adjacent to an activating group) is 1. The van der Waals surface area contributed by atoms with Crippen molar-refractivity contribution in [3.63, 3.8) is 0 Å². The number of hydrogen-bond donors (Lipinski definition) is 5. The molecular formula is C35H39N11O3. The Morgan fingerprint density at radius 3 is 2.59 bits per heavy atom. The number of carboxylic acid groups (broad SMARTS) is 1.